The third-order valence-electron chi connectivity index (χ3n) is 3.80. The highest BCUT2D eigenvalue weighted by atomic mass is 16.5. The van der Waals surface area contributed by atoms with Crippen LogP contribution in [-0.2, 0) is 6.42 Å². The first kappa shape index (κ1) is 17.6. The standard InChI is InChI=1S/C20H22O4/c1-5-14-6-8-15(9-7-14)17(21)12-10-16-11-13-18(22-2)20(24-4)19(16)23-3/h6-13H,5H2,1-4H3/b12-10+. The van der Waals surface area contributed by atoms with Crippen molar-refractivity contribution in [2.75, 3.05) is 21.3 Å². The molecule has 4 nitrogen and oxygen atoms in total. The van der Waals surface area contributed by atoms with Gasteiger partial charge in [-0.2, -0.15) is 0 Å². The van der Waals surface area contributed by atoms with Gasteiger partial charge in [-0.25, -0.2) is 0 Å². The van der Waals surface area contributed by atoms with Crippen molar-refractivity contribution in [1.29, 1.82) is 0 Å². The number of ether oxygens (including phenoxy) is 3. The van der Waals surface area contributed by atoms with E-state index in [-0.39, 0.29) is 5.78 Å². The Kier molecular flexibility index (Phi) is 6.01. The second-order valence-electron chi connectivity index (χ2n) is 5.17. The molecule has 0 bridgehead atoms. The van der Waals surface area contributed by atoms with Gasteiger partial charge in [0.15, 0.2) is 17.3 Å². The number of carbonyl (C=O) groups is 1. The van der Waals surface area contributed by atoms with Crippen LogP contribution in [0.1, 0.15) is 28.4 Å². The maximum atomic E-state index is 12.3. The second kappa shape index (κ2) is 8.20. The molecule has 0 fully saturated rings. The number of methoxy groups -OCH3 is 3. The van der Waals surface area contributed by atoms with E-state index in [1.54, 1.807) is 33.5 Å². The highest BCUT2D eigenvalue weighted by molar-refractivity contribution is 6.07. The SMILES string of the molecule is CCc1ccc(C(=O)/C=C/c2ccc(OC)c(OC)c2OC)cc1. The molecule has 2 rings (SSSR count). The first-order valence-electron chi connectivity index (χ1n) is 7.74. The molecule has 0 amide bonds. The minimum Gasteiger partial charge on any atom is -0.493 e. The highest BCUT2D eigenvalue weighted by Gasteiger charge is 2.14. The number of carbonyl (C=O) groups excluding carboxylic acids is 1. The van der Waals surface area contributed by atoms with Crippen LogP contribution in [0.25, 0.3) is 6.08 Å². The summed E-state index contributed by atoms with van der Waals surface area (Å²) in [6.45, 7) is 2.08. The largest absolute Gasteiger partial charge is 0.493 e. The lowest BCUT2D eigenvalue weighted by Crippen LogP contribution is -1.97. The molecule has 126 valence electrons. The van der Waals surface area contributed by atoms with Crippen molar-refractivity contribution in [1.82, 2.24) is 0 Å². The zero-order chi connectivity index (χ0) is 17.5. The van der Waals surface area contributed by atoms with Gasteiger partial charge in [0.25, 0.3) is 0 Å². The predicted octanol–water partition coefficient (Wildman–Crippen LogP) is 4.17. The normalized spacial score (nSPS) is 10.7. The van der Waals surface area contributed by atoms with Crippen molar-refractivity contribution in [3.8, 4) is 17.2 Å². The number of allylic oxidation sites excluding steroid dienone is 1. The van der Waals surface area contributed by atoms with Gasteiger partial charge in [0.1, 0.15) is 0 Å². The fourth-order valence-corrected chi connectivity index (χ4v) is 2.42. The van der Waals surface area contributed by atoms with Crippen LogP contribution in [0.5, 0.6) is 17.2 Å². The zero-order valence-electron chi connectivity index (χ0n) is 14.5. The molecule has 0 heterocycles. The maximum Gasteiger partial charge on any atom is 0.203 e. The van der Waals surface area contributed by atoms with E-state index in [1.165, 1.54) is 11.6 Å². The predicted molar refractivity (Wildman–Crippen MR) is 95.3 cm³/mol. The van der Waals surface area contributed by atoms with Crippen molar-refractivity contribution in [2.24, 2.45) is 0 Å². The van der Waals surface area contributed by atoms with Crippen molar-refractivity contribution < 1.29 is 19.0 Å². The summed E-state index contributed by atoms with van der Waals surface area (Å²) in [5, 5.41) is 0. The van der Waals surface area contributed by atoms with Gasteiger partial charge in [-0.15, -0.1) is 0 Å². The second-order valence-corrected chi connectivity index (χ2v) is 5.17. The quantitative estimate of drug-likeness (QED) is 0.566. The Balaban J connectivity index is 2.28. The summed E-state index contributed by atoms with van der Waals surface area (Å²) >= 11 is 0. The van der Waals surface area contributed by atoms with Gasteiger partial charge in [0, 0.05) is 11.1 Å². The summed E-state index contributed by atoms with van der Waals surface area (Å²) in [6.07, 6.45) is 4.20. The number of rotatable bonds is 7. The van der Waals surface area contributed by atoms with E-state index in [9.17, 15) is 4.79 Å². The van der Waals surface area contributed by atoms with Crippen molar-refractivity contribution in [2.45, 2.75) is 13.3 Å². The van der Waals surface area contributed by atoms with Crippen LogP contribution in [0.15, 0.2) is 42.5 Å². The van der Waals surface area contributed by atoms with Gasteiger partial charge >= 0.3 is 0 Å². The van der Waals surface area contributed by atoms with Crippen LogP contribution >= 0.6 is 0 Å². The van der Waals surface area contributed by atoms with E-state index >= 15 is 0 Å². The lowest BCUT2D eigenvalue weighted by atomic mass is 10.1. The van der Waals surface area contributed by atoms with E-state index in [1.807, 2.05) is 30.3 Å². The molecule has 2 aromatic rings. The third-order valence-corrected chi connectivity index (χ3v) is 3.80. The smallest absolute Gasteiger partial charge is 0.203 e. The van der Waals surface area contributed by atoms with Crippen LogP contribution in [-0.4, -0.2) is 27.1 Å². The number of hydrogen-bond donors (Lipinski definition) is 0. The van der Waals surface area contributed by atoms with Crippen molar-refractivity contribution in [3.05, 3.63) is 59.2 Å². The molecule has 0 atom stereocenters. The van der Waals surface area contributed by atoms with Crippen molar-refractivity contribution >= 4 is 11.9 Å². The number of benzene rings is 2. The fourth-order valence-electron chi connectivity index (χ4n) is 2.42. The Morgan fingerprint density at radius 3 is 2.12 bits per heavy atom. The van der Waals surface area contributed by atoms with E-state index in [4.69, 9.17) is 14.2 Å². The van der Waals surface area contributed by atoms with Crippen LogP contribution in [0.3, 0.4) is 0 Å². The molecule has 0 saturated heterocycles. The highest BCUT2D eigenvalue weighted by Crippen LogP contribution is 2.40. The molecule has 0 saturated carbocycles. The Hall–Kier alpha value is -2.75. The Labute approximate surface area is 142 Å². The lowest BCUT2D eigenvalue weighted by Gasteiger charge is -2.13. The molecule has 0 spiro atoms. The van der Waals surface area contributed by atoms with Crippen LogP contribution in [0.4, 0.5) is 0 Å². The molecule has 0 N–H and O–H groups in total. The van der Waals surface area contributed by atoms with E-state index < -0.39 is 0 Å². The first-order valence-corrected chi connectivity index (χ1v) is 7.74. The number of ketones is 1. The van der Waals surface area contributed by atoms with Crippen LogP contribution < -0.4 is 14.2 Å². The van der Waals surface area contributed by atoms with E-state index in [2.05, 4.69) is 6.92 Å². The molecule has 0 unspecified atom stereocenters. The topological polar surface area (TPSA) is 44.8 Å². The Morgan fingerprint density at radius 1 is 0.917 bits per heavy atom. The molecule has 0 radical (unpaired) electrons. The maximum absolute atomic E-state index is 12.3. The first-order chi connectivity index (χ1) is 11.6. The molecule has 0 aliphatic rings. The molecule has 2 aromatic carbocycles. The van der Waals surface area contributed by atoms with Crippen molar-refractivity contribution in [3.63, 3.8) is 0 Å². The lowest BCUT2D eigenvalue weighted by molar-refractivity contribution is 0.104. The molecular formula is C20H22O4. The minimum absolute atomic E-state index is 0.0607. The molecule has 4 heteroatoms. The molecule has 24 heavy (non-hydrogen) atoms. The van der Waals surface area contributed by atoms with Gasteiger partial charge in [0.05, 0.1) is 21.3 Å². The zero-order valence-corrected chi connectivity index (χ0v) is 14.5. The molecule has 0 aliphatic heterocycles. The average Bonchev–Trinajstić information content (AvgIpc) is 2.64. The van der Waals surface area contributed by atoms with Gasteiger partial charge in [0.2, 0.25) is 5.75 Å². The fraction of sp³-hybridized carbons (Fsp3) is 0.250. The van der Waals surface area contributed by atoms with Gasteiger partial charge in [-0.1, -0.05) is 31.2 Å². The summed E-state index contributed by atoms with van der Waals surface area (Å²) in [5.74, 6) is 1.55. The van der Waals surface area contributed by atoms with Gasteiger partial charge in [-0.05, 0) is 36.3 Å². The Morgan fingerprint density at radius 2 is 1.58 bits per heavy atom. The third kappa shape index (κ3) is 3.77. The monoisotopic (exact) mass is 326 g/mol. The molecule has 0 aromatic heterocycles. The van der Waals surface area contributed by atoms with Gasteiger partial charge < -0.3 is 14.2 Å². The summed E-state index contributed by atoms with van der Waals surface area (Å²) in [7, 11) is 4.67. The summed E-state index contributed by atoms with van der Waals surface area (Å²) in [5.41, 5.74) is 2.61. The summed E-state index contributed by atoms with van der Waals surface area (Å²) in [4.78, 5) is 12.3. The Bertz CT molecular complexity index is 730. The number of hydrogen-bond acceptors (Lipinski definition) is 4. The number of aryl methyl sites for hydroxylation is 1. The van der Waals surface area contributed by atoms with Crippen LogP contribution in [0, 0.1) is 0 Å². The van der Waals surface area contributed by atoms with E-state index in [0.717, 1.165) is 12.0 Å². The molecular weight excluding hydrogens is 304 g/mol. The van der Waals surface area contributed by atoms with Crippen LogP contribution in [0.2, 0.25) is 0 Å². The van der Waals surface area contributed by atoms with E-state index in [0.29, 0.717) is 22.8 Å². The average molecular weight is 326 g/mol. The summed E-state index contributed by atoms with van der Waals surface area (Å²) < 4.78 is 16.0. The molecule has 0 aliphatic carbocycles. The minimum atomic E-state index is -0.0607. The summed E-state index contributed by atoms with van der Waals surface area (Å²) in [6, 6.07) is 11.2. The van der Waals surface area contributed by atoms with Gasteiger partial charge in [-0.3, -0.25) is 4.79 Å².